The second kappa shape index (κ2) is 5.89. The molecule has 1 rings (SSSR count). The summed E-state index contributed by atoms with van der Waals surface area (Å²) in [6.07, 6.45) is -0.331. The van der Waals surface area contributed by atoms with Gasteiger partial charge in [-0.15, -0.1) is 0 Å². The maximum Gasteiger partial charge on any atom is 0.315 e. The molecule has 2 N–H and O–H groups in total. The smallest absolute Gasteiger partial charge is 0.315 e. The van der Waals surface area contributed by atoms with Crippen LogP contribution in [0.1, 0.15) is 18.9 Å². The van der Waals surface area contributed by atoms with Crippen molar-refractivity contribution in [1.29, 1.82) is 0 Å². The number of rotatable bonds is 4. The third-order valence-electron chi connectivity index (χ3n) is 2.10. The quantitative estimate of drug-likeness (QED) is 0.616. The fraction of sp³-hybridized carbons (Fsp3) is 0.333. The highest BCUT2D eigenvalue weighted by molar-refractivity contribution is 6.01. The highest BCUT2D eigenvalue weighted by atomic mass is 16.5. The number of aromatic hydroxyl groups is 1. The lowest BCUT2D eigenvalue weighted by molar-refractivity contribution is -0.145. The summed E-state index contributed by atoms with van der Waals surface area (Å²) in [6, 6.07) is 4.76. The van der Waals surface area contributed by atoms with Crippen LogP contribution in [-0.4, -0.2) is 23.6 Å². The minimum atomic E-state index is -0.568. The van der Waals surface area contributed by atoms with Crippen LogP contribution in [0.2, 0.25) is 0 Å². The molecule has 0 fully saturated rings. The summed E-state index contributed by atoms with van der Waals surface area (Å²) in [7, 11) is 0. The first-order chi connectivity index (χ1) is 8.02. The highest BCUT2D eigenvalue weighted by Gasteiger charge is 2.10. The topological polar surface area (TPSA) is 75.6 Å². The van der Waals surface area contributed by atoms with Gasteiger partial charge in [0.05, 0.1) is 6.61 Å². The van der Waals surface area contributed by atoms with Crippen LogP contribution < -0.4 is 5.32 Å². The van der Waals surface area contributed by atoms with E-state index in [0.29, 0.717) is 11.3 Å². The lowest BCUT2D eigenvalue weighted by Crippen LogP contribution is -2.18. The largest absolute Gasteiger partial charge is 0.508 e. The van der Waals surface area contributed by atoms with Gasteiger partial charge in [-0.2, -0.15) is 0 Å². The van der Waals surface area contributed by atoms with Crippen LogP contribution in [0.3, 0.4) is 0 Å². The Bertz CT molecular complexity index is 429. The summed E-state index contributed by atoms with van der Waals surface area (Å²) in [5.41, 5.74) is 1.16. The first-order valence-electron chi connectivity index (χ1n) is 5.28. The van der Waals surface area contributed by atoms with Crippen LogP contribution in [0.4, 0.5) is 5.69 Å². The number of anilines is 1. The number of aryl methyl sites for hydroxylation is 1. The van der Waals surface area contributed by atoms with Crippen LogP contribution in [0.15, 0.2) is 18.2 Å². The first-order valence-corrected chi connectivity index (χ1v) is 5.28. The number of amides is 1. The molecule has 0 aromatic heterocycles. The van der Waals surface area contributed by atoms with Gasteiger partial charge in [0.25, 0.3) is 0 Å². The monoisotopic (exact) mass is 237 g/mol. The zero-order chi connectivity index (χ0) is 12.8. The molecule has 0 atom stereocenters. The number of hydrogen-bond acceptors (Lipinski definition) is 4. The van der Waals surface area contributed by atoms with E-state index >= 15 is 0 Å². The van der Waals surface area contributed by atoms with Crippen molar-refractivity contribution in [2.45, 2.75) is 20.3 Å². The van der Waals surface area contributed by atoms with E-state index < -0.39 is 11.9 Å². The summed E-state index contributed by atoms with van der Waals surface area (Å²) >= 11 is 0. The van der Waals surface area contributed by atoms with Crippen molar-refractivity contribution in [3.05, 3.63) is 23.8 Å². The van der Waals surface area contributed by atoms with Gasteiger partial charge in [-0.3, -0.25) is 9.59 Å². The van der Waals surface area contributed by atoms with Crippen molar-refractivity contribution in [1.82, 2.24) is 0 Å². The molecule has 0 aliphatic carbocycles. The minimum absolute atomic E-state index is 0.0962. The molecule has 0 bridgehead atoms. The summed E-state index contributed by atoms with van der Waals surface area (Å²) < 4.78 is 4.64. The van der Waals surface area contributed by atoms with E-state index in [0.717, 1.165) is 0 Å². The van der Waals surface area contributed by atoms with Gasteiger partial charge in [0.15, 0.2) is 0 Å². The molecule has 1 aromatic rings. The molecule has 0 radical (unpaired) electrons. The van der Waals surface area contributed by atoms with Gasteiger partial charge in [0.2, 0.25) is 5.91 Å². The van der Waals surface area contributed by atoms with E-state index in [1.807, 2.05) is 0 Å². The lowest BCUT2D eigenvalue weighted by Gasteiger charge is -2.06. The zero-order valence-corrected chi connectivity index (χ0v) is 9.82. The molecule has 92 valence electrons. The Morgan fingerprint density at radius 2 is 2.12 bits per heavy atom. The number of benzene rings is 1. The SMILES string of the molecule is CCOC(=O)CC(=O)Nc1ccc(C)c(O)c1. The number of esters is 1. The number of nitrogens with one attached hydrogen (secondary N) is 1. The predicted octanol–water partition coefficient (Wildman–Crippen LogP) is 1.59. The number of carbonyl (C=O) groups excluding carboxylic acids is 2. The van der Waals surface area contributed by atoms with E-state index in [-0.39, 0.29) is 18.8 Å². The maximum atomic E-state index is 11.4. The van der Waals surface area contributed by atoms with E-state index in [1.54, 1.807) is 26.0 Å². The molecule has 1 aromatic carbocycles. The molecule has 1 amide bonds. The summed E-state index contributed by atoms with van der Waals surface area (Å²) in [5.74, 6) is -0.938. The number of carbonyl (C=O) groups is 2. The van der Waals surface area contributed by atoms with E-state index in [9.17, 15) is 14.7 Å². The molecule has 0 saturated carbocycles. The average Bonchev–Trinajstić information content (AvgIpc) is 2.23. The van der Waals surface area contributed by atoms with Gasteiger partial charge in [-0.1, -0.05) is 6.07 Å². The van der Waals surface area contributed by atoms with E-state index in [4.69, 9.17) is 0 Å². The average molecular weight is 237 g/mol. The molecule has 0 heterocycles. The highest BCUT2D eigenvalue weighted by Crippen LogP contribution is 2.20. The lowest BCUT2D eigenvalue weighted by atomic mass is 10.2. The van der Waals surface area contributed by atoms with Crippen LogP contribution in [0.5, 0.6) is 5.75 Å². The van der Waals surface area contributed by atoms with Crippen molar-refractivity contribution in [3.8, 4) is 5.75 Å². The van der Waals surface area contributed by atoms with Crippen LogP contribution in [-0.2, 0) is 14.3 Å². The predicted molar refractivity (Wildman–Crippen MR) is 62.7 cm³/mol. The Labute approximate surface area is 99.4 Å². The molecular weight excluding hydrogens is 222 g/mol. The number of phenols is 1. The first kappa shape index (κ1) is 13.0. The van der Waals surface area contributed by atoms with Gasteiger partial charge in [0.1, 0.15) is 12.2 Å². The van der Waals surface area contributed by atoms with Gasteiger partial charge in [0, 0.05) is 11.8 Å². The van der Waals surface area contributed by atoms with Crippen LogP contribution >= 0.6 is 0 Å². The second-order valence-corrected chi connectivity index (χ2v) is 3.53. The molecule has 0 aliphatic heterocycles. The number of ether oxygens (including phenoxy) is 1. The van der Waals surface area contributed by atoms with Gasteiger partial charge >= 0.3 is 5.97 Å². The number of hydrogen-bond donors (Lipinski definition) is 2. The van der Waals surface area contributed by atoms with Crippen LogP contribution in [0.25, 0.3) is 0 Å². The molecule has 5 heteroatoms. The minimum Gasteiger partial charge on any atom is -0.508 e. The van der Waals surface area contributed by atoms with Gasteiger partial charge < -0.3 is 15.2 Å². The van der Waals surface area contributed by atoms with Crippen LogP contribution in [0, 0.1) is 6.92 Å². The Kier molecular flexibility index (Phi) is 4.51. The van der Waals surface area contributed by atoms with Gasteiger partial charge in [-0.25, -0.2) is 0 Å². The fourth-order valence-corrected chi connectivity index (χ4v) is 1.24. The van der Waals surface area contributed by atoms with Crippen molar-refractivity contribution < 1.29 is 19.4 Å². The van der Waals surface area contributed by atoms with Crippen molar-refractivity contribution >= 4 is 17.6 Å². The van der Waals surface area contributed by atoms with E-state index in [2.05, 4.69) is 10.1 Å². The zero-order valence-electron chi connectivity index (χ0n) is 9.82. The molecule has 17 heavy (non-hydrogen) atoms. The molecule has 5 nitrogen and oxygen atoms in total. The third kappa shape index (κ3) is 4.14. The molecule has 0 saturated heterocycles. The molecular formula is C12H15NO4. The Hall–Kier alpha value is -2.04. The molecule has 0 aliphatic rings. The normalized spacial score (nSPS) is 9.76. The summed E-state index contributed by atoms with van der Waals surface area (Å²) in [5, 5.41) is 11.9. The molecule has 0 unspecified atom stereocenters. The third-order valence-corrected chi connectivity index (χ3v) is 2.10. The van der Waals surface area contributed by atoms with Crippen molar-refractivity contribution in [2.75, 3.05) is 11.9 Å². The Balaban J connectivity index is 2.56. The number of phenolic OH excluding ortho intramolecular Hbond substituents is 1. The summed E-state index contributed by atoms with van der Waals surface area (Å²) in [6.45, 7) is 3.67. The maximum absolute atomic E-state index is 11.4. The van der Waals surface area contributed by atoms with Crippen molar-refractivity contribution in [2.24, 2.45) is 0 Å². The second-order valence-electron chi connectivity index (χ2n) is 3.53. The Morgan fingerprint density at radius 3 is 2.71 bits per heavy atom. The summed E-state index contributed by atoms with van der Waals surface area (Å²) in [4.78, 5) is 22.4. The standard InChI is InChI=1S/C12H15NO4/c1-3-17-12(16)7-11(15)13-9-5-4-8(2)10(14)6-9/h4-6,14H,3,7H2,1-2H3,(H,13,15). The fourth-order valence-electron chi connectivity index (χ4n) is 1.24. The molecule has 0 spiro atoms. The van der Waals surface area contributed by atoms with Gasteiger partial charge in [-0.05, 0) is 25.5 Å². The van der Waals surface area contributed by atoms with E-state index in [1.165, 1.54) is 6.07 Å². The Morgan fingerprint density at radius 1 is 1.41 bits per heavy atom. The van der Waals surface area contributed by atoms with Crippen molar-refractivity contribution in [3.63, 3.8) is 0 Å².